The van der Waals surface area contributed by atoms with Gasteiger partial charge in [0.25, 0.3) is 5.91 Å². The van der Waals surface area contributed by atoms with Gasteiger partial charge in [-0.3, -0.25) is 9.59 Å². The summed E-state index contributed by atoms with van der Waals surface area (Å²) in [4.78, 5) is 32.5. The van der Waals surface area contributed by atoms with E-state index in [1.807, 2.05) is 19.0 Å². The van der Waals surface area contributed by atoms with Crippen LogP contribution in [0, 0.1) is 11.3 Å². The van der Waals surface area contributed by atoms with Crippen molar-refractivity contribution in [3.63, 3.8) is 0 Å². The van der Waals surface area contributed by atoms with Crippen molar-refractivity contribution in [3.8, 4) is 11.8 Å². The van der Waals surface area contributed by atoms with Crippen LogP contribution >= 0.6 is 11.3 Å². The van der Waals surface area contributed by atoms with Gasteiger partial charge in [0.2, 0.25) is 0 Å². The molecule has 0 saturated carbocycles. The lowest BCUT2D eigenvalue weighted by Gasteiger charge is -2.19. The summed E-state index contributed by atoms with van der Waals surface area (Å²) in [5.74, 6) is -0.0197. The molecule has 0 saturated heterocycles. The number of hydrogen-bond acceptors (Lipinski definition) is 9. The zero-order valence-corrected chi connectivity index (χ0v) is 23.1. The largest absolute Gasteiger partial charge is 0.478 e. The van der Waals surface area contributed by atoms with Crippen LogP contribution in [-0.2, 0) is 24.4 Å². The van der Waals surface area contributed by atoms with Crippen molar-refractivity contribution in [2.75, 3.05) is 27.2 Å². The first-order chi connectivity index (χ1) is 19.3. The van der Waals surface area contributed by atoms with E-state index in [0.29, 0.717) is 50.6 Å². The number of amides is 1. The lowest BCUT2D eigenvalue weighted by molar-refractivity contribution is -0.125. The van der Waals surface area contributed by atoms with Crippen LogP contribution in [0.25, 0.3) is 10.2 Å². The predicted octanol–water partition coefficient (Wildman–Crippen LogP) is 3.38. The molecule has 40 heavy (non-hydrogen) atoms. The number of nitrogens with one attached hydrogen (secondary N) is 1. The summed E-state index contributed by atoms with van der Waals surface area (Å²) >= 11 is 1.34. The minimum atomic E-state index is -0.972. The lowest BCUT2D eigenvalue weighted by Crippen LogP contribution is -2.31. The molecule has 1 atom stereocenters. The van der Waals surface area contributed by atoms with Crippen LogP contribution in [-0.4, -0.2) is 59.0 Å². The number of Topliss-reactive ketones (excluding diaryl/α,β-unsaturated/α-hetero) is 1. The Bertz CT molecular complexity index is 1480. The maximum absolute atomic E-state index is 13.6. The van der Waals surface area contributed by atoms with E-state index in [1.165, 1.54) is 11.3 Å². The first-order valence-corrected chi connectivity index (χ1v) is 13.5. The number of aliphatic hydroxyl groups excluding tert-OH is 2. The molecule has 206 valence electrons. The second-order valence-corrected chi connectivity index (χ2v) is 10.6. The van der Waals surface area contributed by atoms with Crippen molar-refractivity contribution in [1.82, 2.24) is 15.2 Å². The molecule has 10 heteroatoms. The van der Waals surface area contributed by atoms with Gasteiger partial charge in [0.1, 0.15) is 10.8 Å². The van der Waals surface area contributed by atoms with Crippen LogP contribution in [0.1, 0.15) is 43.7 Å². The number of aliphatic hydroxyl groups is 2. The Balaban J connectivity index is 1.55. The number of thiazole rings is 1. The molecular formula is C30H30N4O5S. The molecule has 1 amide bonds. The molecule has 0 aliphatic heterocycles. The fraction of sp³-hybridized carbons (Fsp3) is 0.267. The highest BCUT2D eigenvalue weighted by atomic mass is 32.1. The van der Waals surface area contributed by atoms with Gasteiger partial charge in [0.05, 0.1) is 41.5 Å². The Kier molecular flexibility index (Phi) is 9.58. The fourth-order valence-electron chi connectivity index (χ4n) is 4.09. The number of ketones is 1. The molecule has 0 spiro atoms. The highest BCUT2D eigenvalue weighted by Crippen LogP contribution is 2.29. The number of hydrogen-bond donors (Lipinski definition) is 3. The molecule has 1 heterocycles. The number of rotatable bonds is 12. The van der Waals surface area contributed by atoms with Crippen LogP contribution < -0.4 is 10.1 Å². The lowest BCUT2D eigenvalue weighted by atomic mass is 10.0. The fourth-order valence-corrected chi connectivity index (χ4v) is 5.11. The average Bonchev–Trinajstić information content (AvgIpc) is 3.36. The number of aromatic nitrogens is 1. The van der Waals surface area contributed by atoms with E-state index in [4.69, 9.17) is 4.74 Å². The van der Waals surface area contributed by atoms with Gasteiger partial charge in [0.15, 0.2) is 11.9 Å². The van der Waals surface area contributed by atoms with Crippen LogP contribution in [0.15, 0.2) is 60.7 Å². The maximum atomic E-state index is 13.6. The highest BCUT2D eigenvalue weighted by Gasteiger charge is 2.25. The number of nitriles is 1. The number of benzene rings is 3. The number of nitrogens with zero attached hydrogens (tertiary/aromatic N) is 3. The molecule has 9 nitrogen and oxygen atoms in total. The SMILES string of the molecule is CN(C)CCNC(=O)c1ccc(OC(C(=O)Cc2nc3cc(CO)c(CO)cc3s2)c2ccc(C#N)cc2)cc1. The van der Waals surface area contributed by atoms with E-state index in [2.05, 4.69) is 16.4 Å². The second kappa shape index (κ2) is 13.3. The standard InChI is InChI=1S/C30H30N4O5S/c1-34(2)12-11-32-30(38)21-7-9-24(10-8-21)39-29(20-5-3-19(16-31)4-6-20)26(37)15-28-33-25-13-22(17-35)23(18-36)14-27(25)40-28/h3-10,13-14,29,35-36H,11-12,15,17-18H2,1-2H3,(H,32,38). The minimum Gasteiger partial charge on any atom is -0.478 e. The third-order valence-electron chi connectivity index (χ3n) is 6.27. The van der Waals surface area contributed by atoms with Crippen LogP contribution in [0.5, 0.6) is 5.75 Å². The Morgan fingerprint density at radius 2 is 1.73 bits per heavy atom. The molecule has 0 aliphatic rings. The Hall–Kier alpha value is -4.14. The third-order valence-corrected chi connectivity index (χ3v) is 7.29. The summed E-state index contributed by atoms with van der Waals surface area (Å²) in [5, 5.41) is 31.8. The predicted molar refractivity (Wildman–Crippen MR) is 152 cm³/mol. The van der Waals surface area contributed by atoms with Crippen molar-refractivity contribution in [2.24, 2.45) is 0 Å². The van der Waals surface area contributed by atoms with Crippen LogP contribution in [0.4, 0.5) is 0 Å². The maximum Gasteiger partial charge on any atom is 0.251 e. The topological polar surface area (TPSA) is 136 Å². The Morgan fingerprint density at radius 1 is 1.05 bits per heavy atom. The molecule has 1 unspecified atom stereocenters. The van der Waals surface area contributed by atoms with Crippen molar-refractivity contribution in [1.29, 1.82) is 5.26 Å². The first kappa shape index (κ1) is 28.9. The van der Waals surface area contributed by atoms with E-state index in [1.54, 1.807) is 60.7 Å². The second-order valence-electron chi connectivity index (χ2n) is 9.47. The van der Waals surface area contributed by atoms with Gasteiger partial charge in [-0.15, -0.1) is 11.3 Å². The molecule has 3 aromatic carbocycles. The van der Waals surface area contributed by atoms with Crippen LogP contribution in [0.2, 0.25) is 0 Å². The number of carbonyl (C=O) groups excluding carboxylic acids is 2. The van der Waals surface area contributed by atoms with Gasteiger partial charge in [-0.05, 0) is 79.3 Å². The summed E-state index contributed by atoms with van der Waals surface area (Å²) in [7, 11) is 3.86. The summed E-state index contributed by atoms with van der Waals surface area (Å²) in [6, 6.07) is 18.8. The zero-order chi connectivity index (χ0) is 28.6. The van der Waals surface area contributed by atoms with Crippen LogP contribution in [0.3, 0.4) is 0 Å². The summed E-state index contributed by atoms with van der Waals surface area (Å²) in [6.07, 6.45) is -0.972. The van der Waals surface area contributed by atoms with Gasteiger partial charge in [0, 0.05) is 18.7 Å². The molecule has 4 rings (SSSR count). The zero-order valence-electron chi connectivity index (χ0n) is 22.3. The monoisotopic (exact) mass is 558 g/mol. The number of fused-ring (bicyclic) bond motifs is 1. The molecular weight excluding hydrogens is 528 g/mol. The Labute approximate surface area is 236 Å². The van der Waals surface area contributed by atoms with Crippen molar-refractivity contribution >= 4 is 33.2 Å². The highest BCUT2D eigenvalue weighted by molar-refractivity contribution is 7.18. The molecule has 1 aromatic heterocycles. The molecule has 4 aromatic rings. The number of ether oxygens (including phenoxy) is 1. The number of likely N-dealkylation sites (N-methyl/N-ethyl adjacent to an activating group) is 1. The molecule has 3 N–H and O–H groups in total. The van der Waals surface area contributed by atoms with E-state index < -0.39 is 6.10 Å². The molecule has 0 fully saturated rings. The van der Waals surface area contributed by atoms with Gasteiger partial charge < -0.3 is 25.2 Å². The molecule has 0 aliphatic carbocycles. The third kappa shape index (κ3) is 7.08. The van der Waals surface area contributed by atoms with Crippen molar-refractivity contribution in [2.45, 2.75) is 25.7 Å². The Morgan fingerprint density at radius 3 is 2.35 bits per heavy atom. The summed E-state index contributed by atoms with van der Waals surface area (Å²) in [6.45, 7) is 0.820. The van der Waals surface area contributed by atoms with E-state index in [-0.39, 0.29) is 31.3 Å². The number of carbonyl (C=O) groups is 2. The van der Waals surface area contributed by atoms with E-state index >= 15 is 0 Å². The van der Waals surface area contributed by atoms with E-state index in [0.717, 1.165) is 11.2 Å². The van der Waals surface area contributed by atoms with Gasteiger partial charge in [-0.25, -0.2) is 4.98 Å². The van der Waals surface area contributed by atoms with E-state index in [9.17, 15) is 25.1 Å². The molecule has 0 bridgehead atoms. The minimum absolute atomic E-state index is 0.000699. The van der Waals surface area contributed by atoms with Crippen molar-refractivity contribution < 1.29 is 24.5 Å². The quantitative estimate of drug-likeness (QED) is 0.241. The van der Waals surface area contributed by atoms with Crippen molar-refractivity contribution in [3.05, 3.63) is 93.5 Å². The average molecular weight is 559 g/mol. The summed E-state index contributed by atoms with van der Waals surface area (Å²) in [5.41, 5.74) is 3.37. The molecule has 0 radical (unpaired) electrons. The van der Waals surface area contributed by atoms with Gasteiger partial charge in [-0.2, -0.15) is 5.26 Å². The van der Waals surface area contributed by atoms with Gasteiger partial charge in [-0.1, -0.05) is 12.1 Å². The first-order valence-electron chi connectivity index (χ1n) is 12.7. The van der Waals surface area contributed by atoms with Gasteiger partial charge >= 0.3 is 0 Å². The summed E-state index contributed by atoms with van der Waals surface area (Å²) < 4.78 is 6.95. The smallest absolute Gasteiger partial charge is 0.251 e. The normalized spacial score (nSPS) is 11.8.